The molecule has 1 rings (SSSR count). The number of carbonyl (C=O) groups is 1. The van der Waals surface area contributed by atoms with Crippen LogP contribution in [0, 0.1) is 11.3 Å². The summed E-state index contributed by atoms with van der Waals surface area (Å²) in [5, 5.41) is 11.5. The summed E-state index contributed by atoms with van der Waals surface area (Å²) in [4.78, 5) is 11.5. The van der Waals surface area contributed by atoms with Crippen LogP contribution >= 0.6 is 0 Å². The standard InChI is InChI=1S/C15H20N2O3/c1-3-19-15(18)12(2)17-13-7-6-8-14(11-13)20-10-5-4-9-16/h6-8,11-12,17H,3-5,10H2,1-2H3. The lowest BCUT2D eigenvalue weighted by Crippen LogP contribution is -2.28. The van der Waals surface area contributed by atoms with Crippen molar-refractivity contribution in [3.63, 3.8) is 0 Å². The molecule has 1 atom stereocenters. The Hall–Kier alpha value is -2.22. The zero-order valence-electron chi connectivity index (χ0n) is 11.9. The van der Waals surface area contributed by atoms with Gasteiger partial charge in [0.1, 0.15) is 11.8 Å². The molecule has 0 bridgehead atoms. The molecule has 1 unspecified atom stereocenters. The third-order valence-electron chi connectivity index (χ3n) is 2.56. The fraction of sp³-hybridized carbons (Fsp3) is 0.467. The molecule has 5 nitrogen and oxygen atoms in total. The molecule has 108 valence electrons. The van der Waals surface area contributed by atoms with Crippen molar-refractivity contribution in [3.05, 3.63) is 24.3 Å². The number of benzene rings is 1. The van der Waals surface area contributed by atoms with E-state index in [9.17, 15) is 4.79 Å². The molecule has 1 N–H and O–H groups in total. The zero-order chi connectivity index (χ0) is 14.8. The van der Waals surface area contributed by atoms with Gasteiger partial charge in [0.15, 0.2) is 0 Å². The van der Waals surface area contributed by atoms with Crippen LogP contribution in [0.1, 0.15) is 26.7 Å². The molecular weight excluding hydrogens is 256 g/mol. The molecule has 0 spiro atoms. The SMILES string of the molecule is CCOC(=O)C(C)Nc1cccc(OCCCC#N)c1. The van der Waals surface area contributed by atoms with Gasteiger partial charge in [0.25, 0.3) is 0 Å². The maximum atomic E-state index is 11.5. The number of ether oxygens (including phenoxy) is 2. The van der Waals surface area contributed by atoms with Gasteiger partial charge in [-0.2, -0.15) is 5.26 Å². The molecule has 0 heterocycles. The minimum Gasteiger partial charge on any atom is -0.493 e. The molecule has 5 heteroatoms. The Morgan fingerprint density at radius 2 is 2.30 bits per heavy atom. The summed E-state index contributed by atoms with van der Waals surface area (Å²) in [6.45, 7) is 4.40. The van der Waals surface area contributed by atoms with E-state index in [-0.39, 0.29) is 5.97 Å². The molecule has 0 fully saturated rings. The number of anilines is 1. The summed E-state index contributed by atoms with van der Waals surface area (Å²) in [6.07, 6.45) is 1.19. The van der Waals surface area contributed by atoms with E-state index >= 15 is 0 Å². The fourth-order valence-electron chi connectivity index (χ4n) is 1.59. The number of nitrogens with one attached hydrogen (secondary N) is 1. The number of hydrogen-bond donors (Lipinski definition) is 1. The third kappa shape index (κ3) is 5.61. The Morgan fingerprint density at radius 3 is 3.00 bits per heavy atom. The summed E-state index contributed by atoms with van der Waals surface area (Å²) in [5.74, 6) is 0.428. The van der Waals surface area contributed by atoms with Crippen molar-refractivity contribution in [2.45, 2.75) is 32.7 Å². The third-order valence-corrected chi connectivity index (χ3v) is 2.56. The van der Waals surface area contributed by atoms with E-state index in [0.717, 1.165) is 5.69 Å². The summed E-state index contributed by atoms with van der Waals surface area (Å²) in [7, 11) is 0. The average Bonchev–Trinajstić information content (AvgIpc) is 2.44. The second kappa shape index (κ2) is 8.81. The van der Waals surface area contributed by atoms with E-state index in [1.54, 1.807) is 13.8 Å². The van der Waals surface area contributed by atoms with Crippen LogP contribution in [0.5, 0.6) is 5.75 Å². The van der Waals surface area contributed by atoms with E-state index in [0.29, 0.717) is 31.8 Å². The normalized spacial score (nSPS) is 11.2. The van der Waals surface area contributed by atoms with Crippen LogP contribution in [-0.4, -0.2) is 25.2 Å². The van der Waals surface area contributed by atoms with Crippen molar-refractivity contribution in [1.82, 2.24) is 0 Å². The average molecular weight is 276 g/mol. The molecule has 0 saturated carbocycles. The summed E-state index contributed by atoms with van der Waals surface area (Å²) in [6, 6.07) is 9.03. The molecule has 1 aromatic carbocycles. The van der Waals surface area contributed by atoms with Gasteiger partial charge in [-0.25, -0.2) is 4.79 Å². The zero-order valence-corrected chi connectivity index (χ0v) is 11.9. The highest BCUT2D eigenvalue weighted by molar-refractivity contribution is 5.78. The van der Waals surface area contributed by atoms with Gasteiger partial charge in [0.05, 0.1) is 19.3 Å². The number of rotatable bonds is 8. The number of unbranched alkanes of at least 4 members (excludes halogenated alkanes) is 1. The second-order valence-corrected chi connectivity index (χ2v) is 4.26. The van der Waals surface area contributed by atoms with E-state index in [1.807, 2.05) is 24.3 Å². The van der Waals surface area contributed by atoms with Crippen LogP contribution in [-0.2, 0) is 9.53 Å². The monoisotopic (exact) mass is 276 g/mol. The topological polar surface area (TPSA) is 71.3 Å². The van der Waals surface area contributed by atoms with Gasteiger partial charge in [0.2, 0.25) is 0 Å². The van der Waals surface area contributed by atoms with Crippen molar-refractivity contribution >= 4 is 11.7 Å². The Kier molecular flexibility index (Phi) is 6.97. The lowest BCUT2D eigenvalue weighted by atomic mass is 10.2. The molecule has 0 aromatic heterocycles. The summed E-state index contributed by atoms with van der Waals surface area (Å²) in [5.41, 5.74) is 0.795. The van der Waals surface area contributed by atoms with E-state index in [4.69, 9.17) is 14.7 Å². The lowest BCUT2D eigenvalue weighted by molar-refractivity contribution is -0.143. The van der Waals surface area contributed by atoms with Crippen LogP contribution in [0.25, 0.3) is 0 Å². The first kappa shape index (κ1) is 15.8. The first-order valence-electron chi connectivity index (χ1n) is 6.70. The molecule has 0 amide bonds. The minimum absolute atomic E-state index is 0.284. The molecule has 20 heavy (non-hydrogen) atoms. The number of nitrogens with zero attached hydrogens (tertiary/aromatic N) is 1. The predicted octanol–water partition coefficient (Wildman–Crippen LogP) is 2.73. The molecule has 0 radical (unpaired) electrons. The van der Waals surface area contributed by atoms with Gasteiger partial charge in [-0.3, -0.25) is 0 Å². The maximum Gasteiger partial charge on any atom is 0.328 e. The number of hydrogen-bond acceptors (Lipinski definition) is 5. The number of nitriles is 1. The van der Waals surface area contributed by atoms with Crippen LogP contribution in [0.2, 0.25) is 0 Å². The van der Waals surface area contributed by atoms with Gasteiger partial charge in [-0.1, -0.05) is 6.07 Å². The van der Waals surface area contributed by atoms with E-state index < -0.39 is 6.04 Å². The fourth-order valence-corrected chi connectivity index (χ4v) is 1.59. The Balaban J connectivity index is 2.51. The Morgan fingerprint density at radius 1 is 1.50 bits per heavy atom. The second-order valence-electron chi connectivity index (χ2n) is 4.26. The minimum atomic E-state index is -0.413. The van der Waals surface area contributed by atoms with Crippen LogP contribution in [0.4, 0.5) is 5.69 Å². The molecular formula is C15H20N2O3. The molecule has 0 saturated heterocycles. The molecule has 0 aliphatic carbocycles. The molecule has 0 aliphatic rings. The van der Waals surface area contributed by atoms with Gasteiger partial charge in [-0.15, -0.1) is 0 Å². The van der Waals surface area contributed by atoms with Crippen molar-refractivity contribution in [3.8, 4) is 11.8 Å². The van der Waals surface area contributed by atoms with Gasteiger partial charge >= 0.3 is 5.97 Å². The van der Waals surface area contributed by atoms with Gasteiger partial charge in [0, 0.05) is 18.2 Å². The number of esters is 1. The smallest absolute Gasteiger partial charge is 0.328 e. The van der Waals surface area contributed by atoms with Gasteiger partial charge in [-0.05, 0) is 32.4 Å². The maximum absolute atomic E-state index is 11.5. The van der Waals surface area contributed by atoms with Gasteiger partial charge < -0.3 is 14.8 Å². The number of carbonyl (C=O) groups excluding carboxylic acids is 1. The van der Waals surface area contributed by atoms with Crippen LogP contribution < -0.4 is 10.1 Å². The molecule has 1 aromatic rings. The Labute approximate surface area is 119 Å². The summed E-state index contributed by atoms with van der Waals surface area (Å²) < 4.78 is 10.5. The Bertz CT molecular complexity index is 468. The summed E-state index contributed by atoms with van der Waals surface area (Å²) >= 11 is 0. The first-order chi connectivity index (χ1) is 9.67. The first-order valence-corrected chi connectivity index (χ1v) is 6.70. The van der Waals surface area contributed by atoms with Crippen molar-refractivity contribution in [2.75, 3.05) is 18.5 Å². The lowest BCUT2D eigenvalue weighted by Gasteiger charge is -2.14. The van der Waals surface area contributed by atoms with Crippen molar-refractivity contribution < 1.29 is 14.3 Å². The predicted molar refractivity (Wildman–Crippen MR) is 76.5 cm³/mol. The highest BCUT2D eigenvalue weighted by atomic mass is 16.5. The quantitative estimate of drug-likeness (QED) is 0.584. The highest BCUT2D eigenvalue weighted by Crippen LogP contribution is 2.18. The van der Waals surface area contributed by atoms with E-state index in [1.165, 1.54) is 0 Å². The largest absolute Gasteiger partial charge is 0.493 e. The van der Waals surface area contributed by atoms with Crippen molar-refractivity contribution in [2.24, 2.45) is 0 Å². The van der Waals surface area contributed by atoms with Crippen LogP contribution in [0.15, 0.2) is 24.3 Å². The molecule has 0 aliphatic heterocycles. The van der Waals surface area contributed by atoms with Crippen molar-refractivity contribution in [1.29, 1.82) is 5.26 Å². The van der Waals surface area contributed by atoms with E-state index in [2.05, 4.69) is 11.4 Å². The van der Waals surface area contributed by atoms with Crippen LogP contribution in [0.3, 0.4) is 0 Å². The highest BCUT2D eigenvalue weighted by Gasteiger charge is 2.13.